The molecule has 3 amide bonds. The van der Waals surface area contributed by atoms with E-state index in [4.69, 9.17) is 4.42 Å². The van der Waals surface area contributed by atoms with Crippen molar-refractivity contribution in [1.82, 2.24) is 39.1 Å². The molecule has 0 bridgehead atoms. The summed E-state index contributed by atoms with van der Waals surface area (Å²) in [6, 6.07) is 17.1. The van der Waals surface area contributed by atoms with E-state index in [-0.39, 0.29) is 42.0 Å². The third-order valence-corrected chi connectivity index (χ3v) is 12.9. The van der Waals surface area contributed by atoms with E-state index in [9.17, 15) is 28.4 Å². The number of carbonyl (C=O) groups excluding carboxylic acids is 3. The van der Waals surface area contributed by atoms with E-state index in [1.165, 1.54) is 15.2 Å². The van der Waals surface area contributed by atoms with E-state index in [2.05, 4.69) is 30.4 Å². The summed E-state index contributed by atoms with van der Waals surface area (Å²) in [5.41, 5.74) is 3.29. The number of halogens is 1. The Morgan fingerprint density at radius 3 is 2.41 bits per heavy atom. The predicted molar refractivity (Wildman–Crippen MR) is 226 cm³/mol. The second-order valence-corrected chi connectivity index (χ2v) is 16.9. The molecule has 4 aliphatic heterocycles. The van der Waals surface area contributed by atoms with Crippen molar-refractivity contribution in [2.24, 2.45) is 5.92 Å². The molecular weight excluding hydrogens is 782 g/mol. The van der Waals surface area contributed by atoms with Gasteiger partial charge in [-0.3, -0.25) is 38.5 Å². The molecule has 16 heteroatoms. The topological polar surface area (TPSA) is 168 Å². The van der Waals surface area contributed by atoms with Gasteiger partial charge in [-0.25, -0.2) is 19.2 Å². The van der Waals surface area contributed by atoms with Crippen LogP contribution in [0, 0.1) is 11.7 Å². The molecule has 2 aromatic carbocycles. The first kappa shape index (κ1) is 40.4. The van der Waals surface area contributed by atoms with Crippen LogP contribution in [-0.2, 0) is 14.4 Å². The predicted octanol–water partition coefficient (Wildman–Crippen LogP) is 4.31. The van der Waals surface area contributed by atoms with Crippen molar-refractivity contribution >= 4 is 34.8 Å². The molecule has 0 saturated carbocycles. The summed E-state index contributed by atoms with van der Waals surface area (Å²) in [7, 11) is 0. The lowest BCUT2D eigenvalue weighted by atomic mass is 9.88. The van der Waals surface area contributed by atoms with Gasteiger partial charge < -0.3 is 19.5 Å². The quantitative estimate of drug-likeness (QED) is 0.193. The van der Waals surface area contributed by atoms with Crippen molar-refractivity contribution in [1.29, 1.82) is 0 Å². The van der Waals surface area contributed by atoms with Gasteiger partial charge in [-0.1, -0.05) is 24.3 Å². The molecule has 7 heterocycles. The van der Waals surface area contributed by atoms with Crippen molar-refractivity contribution in [2.45, 2.75) is 69.4 Å². The van der Waals surface area contributed by atoms with Gasteiger partial charge in [-0.15, -0.1) is 0 Å². The number of rotatable bonds is 10. The molecule has 0 radical (unpaired) electrons. The average Bonchev–Trinajstić information content (AvgIpc) is 3.60. The molecule has 3 aromatic heterocycles. The van der Waals surface area contributed by atoms with Crippen LogP contribution in [0.15, 0.2) is 87.1 Å². The average molecular weight is 832 g/mol. The van der Waals surface area contributed by atoms with E-state index >= 15 is 0 Å². The molecule has 0 aliphatic carbocycles. The van der Waals surface area contributed by atoms with Gasteiger partial charge in [0.05, 0.1) is 18.3 Å². The van der Waals surface area contributed by atoms with Crippen LogP contribution >= 0.6 is 0 Å². The SMILES string of the molecule is O=C1CCC(n2c(=O)oc3cc(C4CCN(CC5CCN(CC(=O)N6CCC(Nc7ncc(F)c(-c8cccc(-n9ccccc9=O)c8)n7)CC6)CC5)CC4)ccc32)C(=O)N1. The van der Waals surface area contributed by atoms with Crippen LogP contribution in [0.5, 0.6) is 0 Å². The maximum Gasteiger partial charge on any atom is 0.420 e. The Bertz CT molecular complexity index is 2550. The maximum atomic E-state index is 15.0. The standard InChI is InChI=1S/C45H50FN9O6/c46-35-26-47-44(50-42(35)32-4-3-5-34(24-32)54-17-2-1-6-40(54)57)48-33-15-22-53(23-16-33)41(58)28-52-18-11-29(12-19-52)27-51-20-13-30(14-21-51)31-7-8-36-38(25-31)61-45(60)55(36)37-9-10-39(56)49-43(37)59/h1-8,17,24-26,29-30,33,37H,9-16,18-23,27-28H2,(H,47,48,50)(H,49,56,59). The molecule has 15 nitrogen and oxygen atoms in total. The van der Waals surface area contributed by atoms with Crippen LogP contribution in [0.2, 0.25) is 0 Å². The minimum atomic E-state index is -0.754. The highest BCUT2D eigenvalue weighted by atomic mass is 19.1. The summed E-state index contributed by atoms with van der Waals surface area (Å²) in [6.45, 7) is 6.54. The number of likely N-dealkylation sites (tertiary alicyclic amines) is 3. The van der Waals surface area contributed by atoms with Gasteiger partial charge in [0.2, 0.25) is 23.7 Å². The minimum Gasteiger partial charge on any atom is -0.408 e. The molecular formula is C45H50FN9O6. The van der Waals surface area contributed by atoms with Gasteiger partial charge in [-0.2, -0.15) is 0 Å². The number of aromatic nitrogens is 4. The molecule has 1 unspecified atom stereocenters. The number of hydrogen-bond acceptors (Lipinski definition) is 11. The van der Waals surface area contributed by atoms with Crippen LogP contribution in [0.4, 0.5) is 10.3 Å². The molecule has 4 aliphatic rings. The number of piperidine rings is 4. The Balaban J connectivity index is 0.702. The third-order valence-electron chi connectivity index (χ3n) is 12.9. The Morgan fingerprint density at radius 1 is 0.852 bits per heavy atom. The Kier molecular flexibility index (Phi) is 11.6. The van der Waals surface area contributed by atoms with E-state index < -0.39 is 23.5 Å². The van der Waals surface area contributed by atoms with Gasteiger partial charge in [0.1, 0.15) is 11.7 Å². The molecule has 0 spiro atoms. The summed E-state index contributed by atoms with van der Waals surface area (Å²) in [5.74, 6) is -0.511. The first-order valence-electron chi connectivity index (χ1n) is 21.4. The number of nitrogens with one attached hydrogen (secondary N) is 2. The van der Waals surface area contributed by atoms with Crippen LogP contribution in [-0.4, -0.2) is 110 Å². The van der Waals surface area contributed by atoms with Gasteiger partial charge in [0.15, 0.2) is 11.4 Å². The molecule has 9 rings (SSSR count). The highest BCUT2D eigenvalue weighted by molar-refractivity contribution is 6.00. The molecule has 4 saturated heterocycles. The number of pyridine rings is 1. The number of oxazole rings is 1. The van der Waals surface area contributed by atoms with Crippen LogP contribution in [0.1, 0.15) is 68.9 Å². The lowest BCUT2D eigenvalue weighted by molar-refractivity contribution is -0.136. The lowest BCUT2D eigenvalue weighted by Gasteiger charge is -2.38. The summed E-state index contributed by atoms with van der Waals surface area (Å²) in [6.07, 6.45) is 8.90. The highest BCUT2D eigenvalue weighted by Crippen LogP contribution is 2.33. The fourth-order valence-corrected chi connectivity index (χ4v) is 9.50. The molecule has 2 N–H and O–H groups in total. The molecule has 4 fully saturated rings. The van der Waals surface area contributed by atoms with Crippen LogP contribution in [0.25, 0.3) is 28.0 Å². The zero-order chi connectivity index (χ0) is 42.0. The van der Waals surface area contributed by atoms with Crippen LogP contribution in [0.3, 0.4) is 0 Å². The zero-order valence-corrected chi connectivity index (χ0v) is 34.0. The van der Waals surface area contributed by atoms with E-state index in [0.29, 0.717) is 59.8 Å². The summed E-state index contributed by atoms with van der Waals surface area (Å²) in [4.78, 5) is 78.1. The first-order chi connectivity index (χ1) is 29.6. The van der Waals surface area contributed by atoms with Gasteiger partial charge >= 0.3 is 5.76 Å². The minimum absolute atomic E-state index is 0.0447. The van der Waals surface area contributed by atoms with Crippen molar-refractivity contribution in [2.75, 3.05) is 57.7 Å². The number of carbonyl (C=O) groups is 3. The molecule has 61 heavy (non-hydrogen) atoms. The number of fused-ring (bicyclic) bond motifs is 1. The van der Waals surface area contributed by atoms with E-state index in [1.54, 1.807) is 42.6 Å². The number of amides is 3. The van der Waals surface area contributed by atoms with Crippen molar-refractivity contribution < 1.29 is 23.2 Å². The molecule has 1 atom stereocenters. The summed E-state index contributed by atoms with van der Waals surface area (Å²) in [5, 5.41) is 5.68. The first-order valence-corrected chi connectivity index (χ1v) is 21.4. The fourth-order valence-electron chi connectivity index (χ4n) is 9.50. The summed E-state index contributed by atoms with van der Waals surface area (Å²) < 4.78 is 23.4. The number of nitrogens with zero attached hydrogens (tertiary/aromatic N) is 7. The van der Waals surface area contributed by atoms with Crippen molar-refractivity contribution in [3.8, 4) is 16.9 Å². The molecule has 318 valence electrons. The monoisotopic (exact) mass is 831 g/mol. The fraction of sp³-hybridized carbons (Fsp3) is 0.444. The zero-order valence-electron chi connectivity index (χ0n) is 34.0. The normalized spacial score (nSPS) is 20.3. The second-order valence-electron chi connectivity index (χ2n) is 16.9. The van der Waals surface area contributed by atoms with Crippen molar-refractivity contribution in [3.05, 3.63) is 105 Å². The van der Waals surface area contributed by atoms with Gasteiger partial charge in [0.25, 0.3) is 5.56 Å². The number of anilines is 1. The smallest absolute Gasteiger partial charge is 0.408 e. The Labute approximate surface area is 351 Å². The van der Waals surface area contributed by atoms with Gasteiger partial charge in [-0.05, 0) is 119 Å². The van der Waals surface area contributed by atoms with Crippen molar-refractivity contribution in [3.63, 3.8) is 0 Å². The number of benzene rings is 2. The summed E-state index contributed by atoms with van der Waals surface area (Å²) >= 11 is 0. The highest BCUT2D eigenvalue weighted by Gasteiger charge is 2.33. The number of hydrogen-bond donors (Lipinski definition) is 2. The lowest BCUT2D eigenvalue weighted by Crippen LogP contribution is -2.48. The number of imide groups is 1. The largest absolute Gasteiger partial charge is 0.420 e. The van der Waals surface area contributed by atoms with E-state index in [0.717, 1.165) is 83.0 Å². The third kappa shape index (κ3) is 8.91. The van der Waals surface area contributed by atoms with E-state index in [1.807, 2.05) is 23.1 Å². The second kappa shape index (κ2) is 17.5. The Hall–Kier alpha value is -6.00. The molecule has 5 aromatic rings. The maximum absolute atomic E-state index is 15.0. The van der Waals surface area contributed by atoms with Crippen LogP contribution < -0.4 is 21.9 Å². The Morgan fingerprint density at radius 2 is 1.64 bits per heavy atom. The van der Waals surface area contributed by atoms with Gasteiger partial charge in [0, 0.05) is 55.6 Å².